The van der Waals surface area contributed by atoms with Crippen LogP contribution in [0.15, 0.2) is 41.3 Å². The van der Waals surface area contributed by atoms with E-state index in [1.807, 2.05) is 36.4 Å². The van der Waals surface area contributed by atoms with E-state index in [2.05, 4.69) is 5.32 Å². The number of hydrogen-bond donors (Lipinski definition) is 1. The second-order valence-corrected chi connectivity index (χ2v) is 8.90. The third-order valence-electron chi connectivity index (χ3n) is 5.94. The number of carbonyl (C=O) groups is 3. The van der Waals surface area contributed by atoms with Gasteiger partial charge in [-0.15, -0.1) is 11.8 Å². The Morgan fingerprint density at radius 1 is 0.964 bits per heavy atom. The highest BCUT2D eigenvalue weighted by atomic mass is 32.2. The number of allylic oxidation sites excluding steroid dienone is 2. The average molecular weight is 399 g/mol. The number of fused-ring (bicyclic) bond motifs is 1. The molecule has 1 aromatic rings. The van der Waals surface area contributed by atoms with Crippen LogP contribution in [0.25, 0.3) is 0 Å². The van der Waals surface area contributed by atoms with Gasteiger partial charge in [0, 0.05) is 10.9 Å². The summed E-state index contributed by atoms with van der Waals surface area (Å²) in [6, 6.07) is 7.71. The third kappa shape index (κ3) is 4.02. The molecule has 2 fully saturated rings. The van der Waals surface area contributed by atoms with E-state index >= 15 is 0 Å². The molecule has 1 saturated heterocycles. The van der Waals surface area contributed by atoms with Crippen LogP contribution >= 0.6 is 11.8 Å². The van der Waals surface area contributed by atoms with Gasteiger partial charge in [-0.3, -0.25) is 19.3 Å². The molecule has 1 saturated carbocycles. The summed E-state index contributed by atoms with van der Waals surface area (Å²) in [5, 5.41) is 3.12. The number of rotatable bonds is 5. The number of carbonyl (C=O) groups excluding carboxylic acids is 3. The number of nitrogens with zero attached hydrogens (tertiary/aromatic N) is 1. The van der Waals surface area contributed by atoms with Crippen molar-refractivity contribution in [3.05, 3.63) is 36.4 Å². The van der Waals surface area contributed by atoms with Crippen LogP contribution < -0.4 is 10.2 Å². The summed E-state index contributed by atoms with van der Waals surface area (Å²) in [6.45, 7) is 0. The Labute approximate surface area is 169 Å². The minimum absolute atomic E-state index is 0.0717. The SMILES string of the molecule is O=C(CSc1ccc(N2C(=O)C3CC=CCC3C2=O)cc1)NC1CCCCC1. The molecule has 28 heavy (non-hydrogen) atoms. The summed E-state index contributed by atoms with van der Waals surface area (Å²) in [4.78, 5) is 39.8. The van der Waals surface area contributed by atoms with E-state index in [1.165, 1.54) is 35.9 Å². The van der Waals surface area contributed by atoms with Crippen molar-refractivity contribution in [1.29, 1.82) is 0 Å². The summed E-state index contributed by atoms with van der Waals surface area (Å²) in [7, 11) is 0. The van der Waals surface area contributed by atoms with Crippen LogP contribution in [-0.2, 0) is 14.4 Å². The maximum Gasteiger partial charge on any atom is 0.238 e. The lowest BCUT2D eigenvalue weighted by Crippen LogP contribution is -2.37. The maximum absolute atomic E-state index is 12.7. The minimum atomic E-state index is -0.213. The number of benzene rings is 1. The average Bonchev–Trinajstić information content (AvgIpc) is 2.98. The molecule has 2 unspecified atom stereocenters. The van der Waals surface area contributed by atoms with E-state index in [0.717, 1.165) is 17.7 Å². The molecule has 0 aromatic heterocycles. The van der Waals surface area contributed by atoms with Crippen LogP contribution in [0, 0.1) is 11.8 Å². The first-order chi connectivity index (χ1) is 13.6. The van der Waals surface area contributed by atoms with Gasteiger partial charge in [0.05, 0.1) is 23.3 Å². The van der Waals surface area contributed by atoms with Gasteiger partial charge in [0.2, 0.25) is 17.7 Å². The summed E-state index contributed by atoms with van der Waals surface area (Å²) in [5.74, 6) is -0.154. The van der Waals surface area contributed by atoms with E-state index < -0.39 is 0 Å². The smallest absolute Gasteiger partial charge is 0.238 e. The molecule has 3 amide bonds. The van der Waals surface area contributed by atoms with Crippen LogP contribution in [0.5, 0.6) is 0 Å². The Hall–Kier alpha value is -2.08. The number of thioether (sulfide) groups is 1. The highest BCUT2D eigenvalue weighted by molar-refractivity contribution is 8.00. The fourth-order valence-corrected chi connectivity index (χ4v) is 5.12. The van der Waals surface area contributed by atoms with Gasteiger partial charge in [-0.05, 0) is 49.9 Å². The summed E-state index contributed by atoms with van der Waals surface area (Å²) < 4.78 is 0. The van der Waals surface area contributed by atoms with E-state index in [9.17, 15) is 14.4 Å². The number of imide groups is 1. The van der Waals surface area contributed by atoms with Gasteiger partial charge >= 0.3 is 0 Å². The van der Waals surface area contributed by atoms with Crippen LogP contribution in [-0.4, -0.2) is 29.5 Å². The summed E-state index contributed by atoms with van der Waals surface area (Å²) >= 11 is 1.48. The van der Waals surface area contributed by atoms with E-state index in [-0.39, 0.29) is 29.6 Å². The zero-order valence-corrected chi connectivity index (χ0v) is 16.7. The second-order valence-electron chi connectivity index (χ2n) is 7.85. The monoisotopic (exact) mass is 398 g/mol. The van der Waals surface area contributed by atoms with Gasteiger partial charge in [0.25, 0.3) is 0 Å². The predicted octanol–water partition coefficient (Wildman–Crippen LogP) is 3.68. The highest BCUT2D eigenvalue weighted by Crippen LogP contribution is 2.38. The summed E-state index contributed by atoms with van der Waals surface area (Å²) in [5.41, 5.74) is 0.625. The van der Waals surface area contributed by atoms with Crippen molar-refractivity contribution in [2.45, 2.75) is 55.9 Å². The molecule has 1 N–H and O–H groups in total. The van der Waals surface area contributed by atoms with Crippen LogP contribution in [0.4, 0.5) is 5.69 Å². The van der Waals surface area contributed by atoms with Crippen molar-refractivity contribution in [1.82, 2.24) is 5.32 Å². The topological polar surface area (TPSA) is 66.5 Å². The van der Waals surface area contributed by atoms with Gasteiger partial charge in [-0.2, -0.15) is 0 Å². The zero-order chi connectivity index (χ0) is 19.5. The van der Waals surface area contributed by atoms with Gasteiger partial charge in [0.1, 0.15) is 0 Å². The fraction of sp³-hybridized carbons (Fsp3) is 0.500. The van der Waals surface area contributed by atoms with Crippen LogP contribution in [0.3, 0.4) is 0 Å². The second kappa shape index (κ2) is 8.52. The Bertz CT molecular complexity index is 757. The molecule has 1 aliphatic heterocycles. The molecule has 0 bridgehead atoms. The number of hydrogen-bond acceptors (Lipinski definition) is 4. The first-order valence-electron chi connectivity index (χ1n) is 10.2. The number of anilines is 1. The normalized spacial score (nSPS) is 25.1. The predicted molar refractivity (Wildman–Crippen MR) is 110 cm³/mol. The lowest BCUT2D eigenvalue weighted by molar-refractivity contribution is -0.122. The maximum atomic E-state index is 12.7. The van der Waals surface area contributed by atoms with Crippen molar-refractivity contribution in [2.75, 3.05) is 10.7 Å². The number of amides is 3. The van der Waals surface area contributed by atoms with Gasteiger partial charge in [-0.25, -0.2) is 0 Å². The molecule has 1 heterocycles. The lowest BCUT2D eigenvalue weighted by Gasteiger charge is -2.22. The Morgan fingerprint density at radius 2 is 1.57 bits per heavy atom. The molecule has 3 aliphatic rings. The molecule has 1 aromatic carbocycles. The highest BCUT2D eigenvalue weighted by Gasteiger charge is 2.47. The first-order valence-corrected chi connectivity index (χ1v) is 11.2. The van der Waals surface area contributed by atoms with Gasteiger partial charge in [-0.1, -0.05) is 31.4 Å². The van der Waals surface area contributed by atoms with E-state index in [4.69, 9.17) is 0 Å². The quantitative estimate of drug-likeness (QED) is 0.467. The largest absolute Gasteiger partial charge is 0.353 e. The van der Waals surface area contributed by atoms with Crippen molar-refractivity contribution >= 4 is 35.2 Å². The number of nitrogens with one attached hydrogen (secondary N) is 1. The van der Waals surface area contributed by atoms with Gasteiger partial charge in [0.15, 0.2) is 0 Å². The first kappa shape index (κ1) is 19.2. The van der Waals surface area contributed by atoms with E-state index in [1.54, 1.807) is 0 Å². The lowest BCUT2D eigenvalue weighted by atomic mass is 9.85. The molecule has 0 spiro atoms. The third-order valence-corrected chi connectivity index (χ3v) is 6.95. The van der Waals surface area contributed by atoms with E-state index in [0.29, 0.717) is 30.3 Å². The molecule has 6 heteroatoms. The molecule has 5 nitrogen and oxygen atoms in total. The molecule has 2 atom stereocenters. The van der Waals surface area contributed by atoms with Crippen molar-refractivity contribution in [2.24, 2.45) is 11.8 Å². The summed E-state index contributed by atoms with van der Waals surface area (Å²) in [6.07, 6.45) is 11.1. The van der Waals surface area contributed by atoms with Crippen LogP contribution in [0.2, 0.25) is 0 Å². The molecular formula is C22H26N2O3S. The van der Waals surface area contributed by atoms with Crippen molar-refractivity contribution < 1.29 is 14.4 Å². The minimum Gasteiger partial charge on any atom is -0.353 e. The molecule has 4 rings (SSSR count). The van der Waals surface area contributed by atoms with Gasteiger partial charge < -0.3 is 5.32 Å². The van der Waals surface area contributed by atoms with Crippen molar-refractivity contribution in [3.8, 4) is 0 Å². The molecule has 0 radical (unpaired) electrons. The zero-order valence-electron chi connectivity index (χ0n) is 15.9. The Kier molecular flexibility index (Phi) is 5.85. The Morgan fingerprint density at radius 3 is 2.18 bits per heavy atom. The molecule has 2 aliphatic carbocycles. The standard InChI is InChI=1S/C22H26N2O3S/c25-20(23-15-6-2-1-3-7-15)14-28-17-12-10-16(11-13-17)24-21(26)18-8-4-5-9-19(18)22(24)27/h4-5,10-13,15,18-19H,1-3,6-9,14H2,(H,23,25). The van der Waals surface area contributed by atoms with Crippen molar-refractivity contribution in [3.63, 3.8) is 0 Å². The molecule has 148 valence electrons. The van der Waals surface area contributed by atoms with Crippen LogP contribution in [0.1, 0.15) is 44.9 Å². The fourth-order valence-electron chi connectivity index (χ4n) is 4.41. The molecular weight excluding hydrogens is 372 g/mol. The Balaban J connectivity index is 1.33.